The van der Waals surface area contributed by atoms with Gasteiger partial charge in [-0.05, 0) is 68.3 Å². The highest BCUT2D eigenvalue weighted by Crippen LogP contribution is 2.19. The van der Waals surface area contributed by atoms with E-state index in [2.05, 4.69) is 48.3 Å². The van der Waals surface area contributed by atoms with Crippen LogP contribution in [0.2, 0.25) is 0 Å². The van der Waals surface area contributed by atoms with Crippen molar-refractivity contribution in [3.63, 3.8) is 0 Å². The van der Waals surface area contributed by atoms with Crippen LogP contribution < -0.4 is 10.2 Å². The van der Waals surface area contributed by atoms with Gasteiger partial charge in [-0.2, -0.15) is 0 Å². The lowest BCUT2D eigenvalue weighted by Crippen LogP contribution is -2.21. The van der Waals surface area contributed by atoms with Crippen molar-refractivity contribution in [3.8, 4) is 0 Å². The molecule has 0 saturated carbocycles. The summed E-state index contributed by atoms with van der Waals surface area (Å²) < 4.78 is 13.3. The SMILES string of the molecule is CCN(CC)c1ccc(NCc2cc(F)ccc2C)cc1. The molecule has 0 radical (unpaired) electrons. The van der Waals surface area contributed by atoms with Crippen molar-refractivity contribution < 1.29 is 4.39 Å². The van der Waals surface area contributed by atoms with Crippen molar-refractivity contribution in [2.75, 3.05) is 23.3 Å². The van der Waals surface area contributed by atoms with Gasteiger partial charge < -0.3 is 10.2 Å². The second kappa shape index (κ2) is 7.11. The van der Waals surface area contributed by atoms with Crippen molar-refractivity contribution in [2.24, 2.45) is 0 Å². The first kappa shape index (κ1) is 15.4. The van der Waals surface area contributed by atoms with E-state index in [4.69, 9.17) is 0 Å². The summed E-state index contributed by atoms with van der Waals surface area (Å²) in [4.78, 5) is 2.31. The van der Waals surface area contributed by atoms with Crippen LogP contribution in [0.4, 0.5) is 15.8 Å². The van der Waals surface area contributed by atoms with Gasteiger partial charge in [-0.3, -0.25) is 0 Å². The highest BCUT2D eigenvalue weighted by Gasteiger charge is 2.03. The van der Waals surface area contributed by atoms with Crippen molar-refractivity contribution in [2.45, 2.75) is 27.3 Å². The largest absolute Gasteiger partial charge is 0.381 e. The van der Waals surface area contributed by atoms with Gasteiger partial charge in [-0.25, -0.2) is 4.39 Å². The zero-order valence-corrected chi connectivity index (χ0v) is 13.0. The number of benzene rings is 2. The monoisotopic (exact) mass is 286 g/mol. The van der Waals surface area contributed by atoms with Crippen molar-refractivity contribution in [1.82, 2.24) is 0 Å². The molecule has 2 aromatic carbocycles. The van der Waals surface area contributed by atoms with E-state index in [-0.39, 0.29) is 5.82 Å². The second-order valence-electron chi connectivity index (χ2n) is 5.14. The van der Waals surface area contributed by atoms with Crippen molar-refractivity contribution >= 4 is 11.4 Å². The third-order valence-electron chi connectivity index (χ3n) is 3.79. The van der Waals surface area contributed by atoms with Gasteiger partial charge in [0.1, 0.15) is 5.82 Å². The third kappa shape index (κ3) is 3.97. The van der Waals surface area contributed by atoms with Crippen molar-refractivity contribution in [3.05, 3.63) is 59.4 Å². The van der Waals surface area contributed by atoms with Crippen LogP contribution in [-0.4, -0.2) is 13.1 Å². The van der Waals surface area contributed by atoms with Gasteiger partial charge in [-0.15, -0.1) is 0 Å². The molecular weight excluding hydrogens is 263 g/mol. The van der Waals surface area contributed by atoms with Gasteiger partial charge in [0, 0.05) is 31.0 Å². The smallest absolute Gasteiger partial charge is 0.123 e. The molecule has 2 aromatic rings. The van der Waals surface area contributed by atoms with Gasteiger partial charge in [0.25, 0.3) is 0 Å². The Kier molecular flexibility index (Phi) is 5.20. The molecular formula is C18H23FN2. The van der Waals surface area contributed by atoms with E-state index in [1.54, 1.807) is 6.07 Å². The van der Waals surface area contributed by atoms with Gasteiger partial charge in [-0.1, -0.05) is 6.07 Å². The zero-order chi connectivity index (χ0) is 15.2. The van der Waals surface area contributed by atoms with Crippen LogP contribution in [0.3, 0.4) is 0 Å². The highest BCUT2D eigenvalue weighted by molar-refractivity contribution is 5.55. The Balaban J connectivity index is 2.02. The summed E-state index contributed by atoms with van der Waals surface area (Å²) in [6.45, 7) is 8.95. The van der Waals surface area contributed by atoms with Crippen LogP contribution in [0.15, 0.2) is 42.5 Å². The molecule has 0 fully saturated rings. The Hall–Kier alpha value is -2.03. The normalized spacial score (nSPS) is 10.5. The van der Waals surface area contributed by atoms with Crippen LogP contribution in [-0.2, 0) is 6.54 Å². The molecule has 0 aliphatic carbocycles. The lowest BCUT2D eigenvalue weighted by Gasteiger charge is -2.21. The summed E-state index contributed by atoms with van der Waals surface area (Å²) >= 11 is 0. The van der Waals surface area contributed by atoms with E-state index >= 15 is 0 Å². The predicted molar refractivity (Wildman–Crippen MR) is 88.5 cm³/mol. The number of rotatable bonds is 6. The Morgan fingerprint density at radius 2 is 1.67 bits per heavy atom. The molecule has 3 heteroatoms. The molecule has 2 nitrogen and oxygen atoms in total. The minimum atomic E-state index is -0.186. The van der Waals surface area contributed by atoms with E-state index in [9.17, 15) is 4.39 Å². The summed E-state index contributed by atoms with van der Waals surface area (Å²) in [6, 6.07) is 13.3. The molecule has 0 aliphatic rings. The topological polar surface area (TPSA) is 15.3 Å². The Morgan fingerprint density at radius 1 is 1.00 bits per heavy atom. The van der Waals surface area contributed by atoms with Crippen LogP contribution in [0.25, 0.3) is 0 Å². The van der Waals surface area contributed by atoms with Crippen LogP contribution >= 0.6 is 0 Å². The summed E-state index contributed by atoms with van der Waals surface area (Å²) in [7, 11) is 0. The molecule has 0 spiro atoms. The lowest BCUT2D eigenvalue weighted by atomic mass is 10.1. The van der Waals surface area contributed by atoms with Crippen LogP contribution in [0.1, 0.15) is 25.0 Å². The van der Waals surface area contributed by atoms with Gasteiger partial charge >= 0.3 is 0 Å². The number of aryl methyl sites for hydroxylation is 1. The lowest BCUT2D eigenvalue weighted by molar-refractivity contribution is 0.625. The van der Waals surface area contributed by atoms with E-state index in [1.807, 2.05) is 13.0 Å². The first-order valence-electron chi connectivity index (χ1n) is 7.48. The molecule has 21 heavy (non-hydrogen) atoms. The fourth-order valence-corrected chi connectivity index (χ4v) is 2.41. The summed E-state index contributed by atoms with van der Waals surface area (Å²) in [5, 5.41) is 3.35. The Labute approximate surface area is 126 Å². The molecule has 0 unspecified atom stereocenters. The third-order valence-corrected chi connectivity index (χ3v) is 3.79. The maximum Gasteiger partial charge on any atom is 0.123 e. The molecule has 0 heterocycles. The van der Waals surface area contributed by atoms with Gasteiger partial charge in [0.05, 0.1) is 0 Å². The fourth-order valence-electron chi connectivity index (χ4n) is 2.41. The quantitative estimate of drug-likeness (QED) is 0.835. The second-order valence-corrected chi connectivity index (χ2v) is 5.14. The summed E-state index contributed by atoms with van der Waals surface area (Å²) in [5.74, 6) is -0.186. The maximum atomic E-state index is 13.3. The Bertz CT molecular complexity index is 574. The Morgan fingerprint density at radius 3 is 2.29 bits per heavy atom. The number of hydrogen-bond donors (Lipinski definition) is 1. The first-order valence-corrected chi connectivity index (χ1v) is 7.48. The predicted octanol–water partition coefficient (Wildman–Crippen LogP) is 4.59. The van der Waals surface area contributed by atoms with E-state index in [0.717, 1.165) is 29.9 Å². The maximum absolute atomic E-state index is 13.3. The molecule has 0 saturated heterocycles. The minimum Gasteiger partial charge on any atom is -0.381 e. The number of hydrogen-bond acceptors (Lipinski definition) is 2. The average Bonchev–Trinajstić information content (AvgIpc) is 2.51. The minimum absolute atomic E-state index is 0.186. The van der Waals surface area contributed by atoms with Crippen LogP contribution in [0.5, 0.6) is 0 Å². The molecule has 0 bridgehead atoms. The van der Waals surface area contributed by atoms with E-state index in [1.165, 1.54) is 11.8 Å². The molecule has 1 N–H and O–H groups in total. The van der Waals surface area contributed by atoms with Gasteiger partial charge in [0.2, 0.25) is 0 Å². The summed E-state index contributed by atoms with van der Waals surface area (Å²) in [5.41, 5.74) is 4.37. The fraction of sp³-hybridized carbons (Fsp3) is 0.333. The molecule has 112 valence electrons. The molecule has 0 amide bonds. The average molecular weight is 286 g/mol. The molecule has 0 atom stereocenters. The number of halogens is 1. The molecule has 0 aliphatic heterocycles. The van der Waals surface area contributed by atoms with Crippen molar-refractivity contribution in [1.29, 1.82) is 0 Å². The van der Waals surface area contributed by atoms with E-state index in [0.29, 0.717) is 6.54 Å². The van der Waals surface area contributed by atoms with Gasteiger partial charge in [0.15, 0.2) is 0 Å². The molecule has 2 rings (SSSR count). The first-order chi connectivity index (χ1) is 10.1. The van der Waals surface area contributed by atoms with Crippen LogP contribution in [0, 0.1) is 12.7 Å². The summed E-state index contributed by atoms with van der Waals surface area (Å²) in [6.07, 6.45) is 0. The number of anilines is 2. The number of nitrogens with zero attached hydrogens (tertiary/aromatic N) is 1. The molecule has 0 aromatic heterocycles. The highest BCUT2D eigenvalue weighted by atomic mass is 19.1. The van der Waals surface area contributed by atoms with E-state index < -0.39 is 0 Å². The standard InChI is InChI=1S/C18H23FN2/c1-4-21(5-2)18-10-8-17(9-11-18)20-13-15-12-16(19)7-6-14(15)3/h6-12,20H,4-5,13H2,1-3H3. The zero-order valence-electron chi connectivity index (χ0n) is 13.0. The number of nitrogens with one attached hydrogen (secondary N) is 1.